The average Bonchev–Trinajstić information content (AvgIpc) is 2.56. The van der Waals surface area contributed by atoms with Gasteiger partial charge in [-0.2, -0.15) is 0 Å². The van der Waals surface area contributed by atoms with Crippen molar-refractivity contribution in [3.8, 4) is 12.3 Å². The number of halogens is 2. The molecule has 23 heavy (non-hydrogen) atoms. The summed E-state index contributed by atoms with van der Waals surface area (Å²) >= 11 is 6.28. The summed E-state index contributed by atoms with van der Waals surface area (Å²) in [6.07, 6.45) is 13.4. The number of aryl methyl sites for hydroxylation is 1. The van der Waals surface area contributed by atoms with Crippen molar-refractivity contribution in [1.82, 2.24) is 10.2 Å². The van der Waals surface area contributed by atoms with Gasteiger partial charge in [-0.15, -0.1) is 12.3 Å². The summed E-state index contributed by atoms with van der Waals surface area (Å²) in [5, 5.41) is 3.17. The first-order valence-electron chi connectivity index (χ1n) is 7.21. The molecule has 3 rings (SSSR count). The van der Waals surface area contributed by atoms with Gasteiger partial charge in [0.15, 0.2) is 0 Å². The zero-order valence-corrected chi connectivity index (χ0v) is 13.4. The SMILES string of the molecule is C#CCCc1ccc(C2=CNC=C3C(C)=NC=CN32)c(Cl)c1F. The molecular formula is C18H15ClFN3. The summed E-state index contributed by atoms with van der Waals surface area (Å²) in [5.74, 6) is 2.10. The van der Waals surface area contributed by atoms with Crippen LogP contribution >= 0.6 is 11.6 Å². The lowest BCUT2D eigenvalue weighted by atomic mass is 10.0. The fourth-order valence-corrected chi connectivity index (χ4v) is 2.86. The Kier molecular flexibility index (Phi) is 4.22. The number of terminal acetylenes is 1. The quantitative estimate of drug-likeness (QED) is 0.849. The molecule has 1 N–H and O–H groups in total. The molecule has 0 saturated heterocycles. The van der Waals surface area contributed by atoms with Crippen molar-refractivity contribution in [1.29, 1.82) is 0 Å². The Morgan fingerprint density at radius 1 is 1.35 bits per heavy atom. The molecule has 5 heteroatoms. The van der Waals surface area contributed by atoms with Gasteiger partial charge in [0.25, 0.3) is 0 Å². The van der Waals surface area contributed by atoms with Crippen LogP contribution in [0.2, 0.25) is 5.02 Å². The Bertz CT molecular complexity index is 812. The summed E-state index contributed by atoms with van der Waals surface area (Å²) in [5.41, 5.74) is 3.68. The monoisotopic (exact) mass is 327 g/mol. The van der Waals surface area contributed by atoms with Gasteiger partial charge in [-0.3, -0.25) is 4.99 Å². The molecule has 0 saturated carbocycles. The summed E-state index contributed by atoms with van der Waals surface area (Å²) in [7, 11) is 0. The van der Waals surface area contributed by atoms with E-state index in [4.69, 9.17) is 18.0 Å². The first kappa shape index (κ1) is 15.4. The summed E-state index contributed by atoms with van der Waals surface area (Å²) < 4.78 is 14.5. The van der Waals surface area contributed by atoms with E-state index in [2.05, 4.69) is 16.2 Å². The molecule has 0 aromatic heterocycles. The molecule has 1 aromatic rings. The van der Waals surface area contributed by atoms with Crippen LogP contribution in [0.3, 0.4) is 0 Å². The third-order valence-corrected chi connectivity index (χ3v) is 4.16. The van der Waals surface area contributed by atoms with Gasteiger partial charge < -0.3 is 10.2 Å². The van der Waals surface area contributed by atoms with Crippen LogP contribution in [0, 0.1) is 18.2 Å². The average molecular weight is 328 g/mol. The van der Waals surface area contributed by atoms with Crippen LogP contribution in [-0.2, 0) is 6.42 Å². The fourth-order valence-electron chi connectivity index (χ4n) is 2.58. The Morgan fingerprint density at radius 3 is 2.91 bits per heavy atom. The van der Waals surface area contributed by atoms with Gasteiger partial charge in [0.1, 0.15) is 5.82 Å². The van der Waals surface area contributed by atoms with Crippen LogP contribution in [0.4, 0.5) is 4.39 Å². The lowest BCUT2D eigenvalue weighted by Gasteiger charge is -2.31. The van der Waals surface area contributed by atoms with Crippen molar-refractivity contribution in [3.05, 3.63) is 64.6 Å². The zero-order chi connectivity index (χ0) is 16.4. The molecule has 0 unspecified atom stereocenters. The maximum absolute atomic E-state index is 14.5. The minimum Gasteiger partial charge on any atom is -0.364 e. The number of nitrogens with one attached hydrogen (secondary N) is 1. The lowest BCUT2D eigenvalue weighted by Crippen LogP contribution is -2.28. The number of aliphatic imine (C=N–C) groups is 1. The number of hydrogen-bond acceptors (Lipinski definition) is 3. The first-order valence-corrected chi connectivity index (χ1v) is 7.59. The molecule has 2 heterocycles. The molecule has 0 bridgehead atoms. The van der Waals surface area contributed by atoms with Crippen LogP contribution in [0.5, 0.6) is 0 Å². The Hall–Kier alpha value is -2.51. The molecule has 116 valence electrons. The minimum atomic E-state index is -0.414. The van der Waals surface area contributed by atoms with Crippen LogP contribution in [-0.4, -0.2) is 10.6 Å². The predicted molar refractivity (Wildman–Crippen MR) is 91.8 cm³/mol. The van der Waals surface area contributed by atoms with Crippen molar-refractivity contribution in [3.63, 3.8) is 0 Å². The van der Waals surface area contributed by atoms with E-state index >= 15 is 0 Å². The van der Waals surface area contributed by atoms with E-state index in [0.717, 1.165) is 17.1 Å². The number of hydrogen-bond donors (Lipinski definition) is 1. The maximum Gasteiger partial charge on any atom is 0.145 e. The summed E-state index contributed by atoms with van der Waals surface area (Å²) in [6.45, 7) is 1.91. The topological polar surface area (TPSA) is 27.6 Å². The minimum absolute atomic E-state index is 0.0994. The highest BCUT2D eigenvalue weighted by Crippen LogP contribution is 2.35. The van der Waals surface area contributed by atoms with E-state index in [1.165, 1.54) is 0 Å². The van der Waals surface area contributed by atoms with Crippen LogP contribution in [0.15, 0.2) is 47.6 Å². The Balaban J connectivity index is 1.98. The summed E-state index contributed by atoms with van der Waals surface area (Å²) in [4.78, 5) is 6.19. The normalized spacial score (nSPS) is 15.9. The van der Waals surface area contributed by atoms with Crippen molar-refractivity contribution in [2.24, 2.45) is 4.99 Å². The molecule has 2 aliphatic rings. The Morgan fingerprint density at radius 2 is 2.13 bits per heavy atom. The first-order chi connectivity index (χ1) is 11.1. The fraction of sp³-hybridized carbons (Fsp3) is 0.167. The van der Waals surface area contributed by atoms with Gasteiger partial charge in [-0.05, 0) is 18.9 Å². The van der Waals surface area contributed by atoms with Crippen molar-refractivity contribution >= 4 is 23.0 Å². The smallest absolute Gasteiger partial charge is 0.145 e. The second-order valence-electron chi connectivity index (χ2n) is 5.21. The number of rotatable bonds is 3. The molecule has 2 aliphatic heterocycles. The van der Waals surface area contributed by atoms with Crippen LogP contribution in [0.25, 0.3) is 5.70 Å². The van der Waals surface area contributed by atoms with Gasteiger partial charge in [0, 0.05) is 36.8 Å². The maximum atomic E-state index is 14.5. The third-order valence-electron chi connectivity index (χ3n) is 3.79. The highest BCUT2D eigenvalue weighted by atomic mass is 35.5. The van der Waals surface area contributed by atoms with E-state index in [1.807, 2.05) is 30.3 Å². The standard InChI is InChI=1S/C18H15ClFN3/c1-3-4-5-13-6-7-14(17(19)18(13)20)16-11-21-10-15-12(2)22-8-9-23(15)16/h1,6-11,21H,4-5H2,2H3. The lowest BCUT2D eigenvalue weighted by molar-refractivity contribution is 0.607. The van der Waals surface area contributed by atoms with Crippen molar-refractivity contribution < 1.29 is 4.39 Å². The molecule has 0 radical (unpaired) electrons. The van der Waals surface area contributed by atoms with Crippen molar-refractivity contribution in [2.45, 2.75) is 19.8 Å². The highest BCUT2D eigenvalue weighted by Gasteiger charge is 2.24. The number of fused-ring (bicyclic) bond motifs is 1. The van der Waals surface area contributed by atoms with Gasteiger partial charge in [-0.1, -0.05) is 23.7 Å². The zero-order valence-electron chi connectivity index (χ0n) is 12.6. The molecule has 1 aromatic carbocycles. The van der Waals surface area contributed by atoms with E-state index in [-0.39, 0.29) is 5.02 Å². The van der Waals surface area contributed by atoms with E-state index in [1.54, 1.807) is 18.5 Å². The number of allylic oxidation sites excluding steroid dienone is 1. The number of benzene rings is 1. The van der Waals surface area contributed by atoms with Crippen molar-refractivity contribution in [2.75, 3.05) is 0 Å². The highest BCUT2D eigenvalue weighted by molar-refractivity contribution is 6.32. The van der Waals surface area contributed by atoms with Crippen LogP contribution < -0.4 is 5.32 Å². The number of nitrogens with zero attached hydrogens (tertiary/aromatic N) is 2. The van der Waals surface area contributed by atoms with E-state index < -0.39 is 5.82 Å². The largest absolute Gasteiger partial charge is 0.364 e. The van der Waals surface area contributed by atoms with E-state index in [0.29, 0.717) is 24.0 Å². The van der Waals surface area contributed by atoms with Gasteiger partial charge >= 0.3 is 0 Å². The molecule has 0 atom stereocenters. The van der Waals surface area contributed by atoms with Gasteiger partial charge in [-0.25, -0.2) is 4.39 Å². The van der Waals surface area contributed by atoms with Crippen LogP contribution in [0.1, 0.15) is 24.5 Å². The third kappa shape index (κ3) is 2.76. The van der Waals surface area contributed by atoms with Gasteiger partial charge in [0.2, 0.25) is 0 Å². The molecule has 3 nitrogen and oxygen atoms in total. The predicted octanol–water partition coefficient (Wildman–Crippen LogP) is 4.04. The molecule has 0 spiro atoms. The molecular weight excluding hydrogens is 313 g/mol. The summed E-state index contributed by atoms with van der Waals surface area (Å²) in [6, 6.07) is 3.56. The Labute approximate surface area is 139 Å². The second kappa shape index (κ2) is 6.31. The molecule has 0 fully saturated rings. The molecule has 0 amide bonds. The van der Waals surface area contributed by atoms with E-state index in [9.17, 15) is 4.39 Å². The molecule has 0 aliphatic carbocycles. The second-order valence-corrected chi connectivity index (χ2v) is 5.59. The van der Waals surface area contributed by atoms with Gasteiger partial charge in [0.05, 0.1) is 22.1 Å².